The van der Waals surface area contributed by atoms with E-state index in [2.05, 4.69) is 5.32 Å². The normalized spacial score (nSPS) is 18.7. The summed E-state index contributed by atoms with van der Waals surface area (Å²) in [6.45, 7) is 4.60. The number of rotatable bonds is 1. The van der Waals surface area contributed by atoms with Gasteiger partial charge in [0, 0.05) is 18.7 Å². The molecule has 0 atom stereocenters. The van der Waals surface area contributed by atoms with Gasteiger partial charge in [0.05, 0.1) is 0 Å². The first-order valence-electron chi connectivity index (χ1n) is 5.69. The van der Waals surface area contributed by atoms with E-state index in [1.54, 1.807) is 30.9 Å². The molecule has 1 fully saturated rings. The Bertz CT molecular complexity index is 440. The zero-order valence-corrected chi connectivity index (χ0v) is 10.1. The number of hydrogen-bond acceptors (Lipinski definition) is 2. The average Bonchev–Trinajstić information content (AvgIpc) is 2.33. The topological polar surface area (TPSA) is 49.4 Å². The molecule has 2 amide bonds. The van der Waals surface area contributed by atoms with Crippen molar-refractivity contribution >= 4 is 11.8 Å². The standard InChI is InChI=1S/C13H16N2O2/c1-13(2)12(17)14-8-9-15(13)11(16)10-6-4-3-5-7-10/h3-7H,8-9H2,1-2H3,(H,14,17). The Morgan fingerprint density at radius 1 is 1.29 bits per heavy atom. The molecule has 1 aromatic rings. The van der Waals surface area contributed by atoms with E-state index in [-0.39, 0.29) is 11.8 Å². The zero-order chi connectivity index (χ0) is 12.5. The van der Waals surface area contributed by atoms with E-state index in [1.807, 2.05) is 18.2 Å². The maximum atomic E-state index is 12.3. The number of carbonyl (C=O) groups excluding carboxylic acids is 2. The first-order chi connectivity index (χ1) is 8.03. The lowest BCUT2D eigenvalue weighted by Gasteiger charge is -2.41. The quantitative estimate of drug-likeness (QED) is 0.786. The molecule has 4 nitrogen and oxygen atoms in total. The van der Waals surface area contributed by atoms with Gasteiger partial charge in [-0.05, 0) is 26.0 Å². The number of hydrogen-bond donors (Lipinski definition) is 1. The number of nitrogens with zero attached hydrogens (tertiary/aromatic N) is 1. The van der Waals surface area contributed by atoms with Gasteiger partial charge in [-0.15, -0.1) is 0 Å². The Kier molecular flexibility index (Phi) is 2.88. The van der Waals surface area contributed by atoms with E-state index in [4.69, 9.17) is 0 Å². The number of nitrogens with one attached hydrogen (secondary N) is 1. The van der Waals surface area contributed by atoms with Crippen molar-refractivity contribution < 1.29 is 9.59 Å². The van der Waals surface area contributed by atoms with Crippen LogP contribution in [0.2, 0.25) is 0 Å². The van der Waals surface area contributed by atoms with Crippen molar-refractivity contribution in [3.63, 3.8) is 0 Å². The molecule has 0 bridgehead atoms. The van der Waals surface area contributed by atoms with Gasteiger partial charge in [0.25, 0.3) is 5.91 Å². The maximum Gasteiger partial charge on any atom is 0.254 e. The number of piperazine rings is 1. The Hall–Kier alpha value is -1.84. The Morgan fingerprint density at radius 3 is 2.59 bits per heavy atom. The van der Waals surface area contributed by atoms with Gasteiger partial charge in [-0.25, -0.2) is 0 Å². The van der Waals surface area contributed by atoms with E-state index >= 15 is 0 Å². The SMILES string of the molecule is CC1(C)C(=O)NCCN1C(=O)c1ccccc1. The van der Waals surface area contributed by atoms with Crippen molar-refractivity contribution in [2.75, 3.05) is 13.1 Å². The smallest absolute Gasteiger partial charge is 0.254 e. The molecule has 0 saturated carbocycles. The minimum absolute atomic E-state index is 0.0922. The Balaban J connectivity index is 2.28. The number of carbonyl (C=O) groups is 2. The molecule has 0 radical (unpaired) electrons. The molecule has 1 saturated heterocycles. The third kappa shape index (κ3) is 2.02. The lowest BCUT2D eigenvalue weighted by atomic mass is 9.97. The van der Waals surface area contributed by atoms with Crippen LogP contribution in [0.15, 0.2) is 30.3 Å². The van der Waals surface area contributed by atoms with Crippen LogP contribution in [0.25, 0.3) is 0 Å². The second-order valence-electron chi connectivity index (χ2n) is 4.64. The monoisotopic (exact) mass is 232 g/mol. The highest BCUT2D eigenvalue weighted by atomic mass is 16.2. The third-order valence-electron chi connectivity index (χ3n) is 3.12. The van der Waals surface area contributed by atoms with Gasteiger partial charge in [0.15, 0.2) is 0 Å². The lowest BCUT2D eigenvalue weighted by molar-refractivity contribution is -0.133. The minimum atomic E-state index is -0.787. The Morgan fingerprint density at radius 2 is 1.94 bits per heavy atom. The predicted octanol–water partition coefficient (Wildman–Crippen LogP) is 1.04. The summed E-state index contributed by atoms with van der Waals surface area (Å²) >= 11 is 0. The van der Waals surface area contributed by atoms with Gasteiger partial charge in [-0.3, -0.25) is 9.59 Å². The van der Waals surface area contributed by atoms with E-state index in [9.17, 15) is 9.59 Å². The molecule has 0 aliphatic carbocycles. The van der Waals surface area contributed by atoms with Crippen LogP contribution >= 0.6 is 0 Å². The molecular formula is C13H16N2O2. The molecule has 1 aliphatic rings. The van der Waals surface area contributed by atoms with Gasteiger partial charge in [0.2, 0.25) is 5.91 Å². The van der Waals surface area contributed by atoms with Gasteiger partial charge in [-0.2, -0.15) is 0 Å². The van der Waals surface area contributed by atoms with E-state index in [0.29, 0.717) is 18.7 Å². The molecule has 1 heterocycles. The summed E-state index contributed by atoms with van der Waals surface area (Å²) in [5.41, 5.74) is -0.166. The molecule has 17 heavy (non-hydrogen) atoms. The van der Waals surface area contributed by atoms with E-state index < -0.39 is 5.54 Å². The summed E-state index contributed by atoms with van der Waals surface area (Å²) in [5, 5.41) is 2.78. The maximum absolute atomic E-state index is 12.3. The van der Waals surface area contributed by atoms with Gasteiger partial charge in [0.1, 0.15) is 5.54 Å². The molecule has 0 spiro atoms. The zero-order valence-electron chi connectivity index (χ0n) is 10.1. The largest absolute Gasteiger partial charge is 0.352 e. The van der Waals surface area contributed by atoms with Crippen molar-refractivity contribution in [1.29, 1.82) is 0 Å². The fourth-order valence-electron chi connectivity index (χ4n) is 1.99. The van der Waals surface area contributed by atoms with Gasteiger partial charge in [-0.1, -0.05) is 18.2 Å². The van der Waals surface area contributed by atoms with Crippen LogP contribution in [0.4, 0.5) is 0 Å². The molecule has 90 valence electrons. The first kappa shape index (κ1) is 11.6. The van der Waals surface area contributed by atoms with Crippen molar-refractivity contribution in [3.8, 4) is 0 Å². The summed E-state index contributed by atoms with van der Waals surface area (Å²) in [7, 11) is 0. The van der Waals surface area contributed by atoms with Crippen molar-refractivity contribution in [2.24, 2.45) is 0 Å². The summed E-state index contributed by atoms with van der Waals surface area (Å²) in [4.78, 5) is 25.7. The third-order valence-corrected chi connectivity index (χ3v) is 3.12. The molecule has 1 aliphatic heterocycles. The molecule has 0 aromatic heterocycles. The van der Waals surface area contributed by atoms with E-state index in [1.165, 1.54) is 0 Å². The van der Waals surface area contributed by atoms with Crippen LogP contribution in [0.5, 0.6) is 0 Å². The van der Waals surface area contributed by atoms with Gasteiger partial charge >= 0.3 is 0 Å². The molecule has 1 N–H and O–H groups in total. The van der Waals surface area contributed by atoms with Crippen molar-refractivity contribution in [1.82, 2.24) is 10.2 Å². The highest BCUT2D eigenvalue weighted by Crippen LogP contribution is 2.20. The molecule has 4 heteroatoms. The summed E-state index contributed by atoms with van der Waals surface area (Å²) in [5.74, 6) is -0.196. The molecule has 0 unspecified atom stereocenters. The second-order valence-corrected chi connectivity index (χ2v) is 4.64. The first-order valence-corrected chi connectivity index (χ1v) is 5.69. The van der Waals surface area contributed by atoms with Crippen LogP contribution in [-0.2, 0) is 4.79 Å². The average molecular weight is 232 g/mol. The van der Waals surface area contributed by atoms with Crippen LogP contribution in [-0.4, -0.2) is 35.3 Å². The van der Waals surface area contributed by atoms with Crippen molar-refractivity contribution in [3.05, 3.63) is 35.9 Å². The summed E-state index contributed by atoms with van der Waals surface area (Å²) < 4.78 is 0. The molecular weight excluding hydrogens is 216 g/mol. The highest BCUT2D eigenvalue weighted by molar-refractivity contribution is 5.99. The van der Waals surface area contributed by atoms with Crippen LogP contribution in [0, 0.1) is 0 Å². The molecule has 2 rings (SSSR count). The highest BCUT2D eigenvalue weighted by Gasteiger charge is 2.40. The van der Waals surface area contributed by atoms with Crippen LogP contribution < -0.4 is 5.32 Å². The fraction of sp³-hybridized carbons (Fsp3) is 0.385. The Labute approximate surface area is 101 Å². The fourth-order valence-corrected chi connectivity index (χ4v) is 1.99. The summed E-state index contributed by atoms with van der Waals surface area (Å²) in [6, 6.07) is 9.05. The second kappa shape index (κ2) is 4.20. The molecule has 1 aromatic carbocycles. The van der Waals surface area contributed by atoms with E-state index in [0.717, 1.165) is 0 Å². The predicted molar refractivity (Wildman–Crippen MR) is 64.6 cm³/mol. The van der Waals surface area contributed by atoms with Crippen LogP contribution in [0.1, 0.15) is 24.2 Å². The van der Waals surface area contributed by atoms with Crippen molar-refractivity contribution in [2.45, 2.75) is 19.4 Å². The lowest BCUT2D eigenvalue weighted by Crippen LogP contribution is -2.63. The van der Waals surface area contributed by atoms with Crippen LogP contribution in [0.3, 0.4) is 0 Å². The van der Waals surface area contributed by atoms with Gasteiger partial charge < -0.3 is 10.2 Å². The number of benzene rings is 1. The minimum Gasteiger partial charge on any atom is -0.352 e. The summed E-state index contributed by atoms with van der Waals surface area (Å²) in [6.07, 6.45) is 0. The number of amides is 2.